The average molecular weight is 418 g/mol. The van der Waals surface area contributed by atoms with Crippen LogP contribution in [0.25, 0.3) is 22.1 Å². The lowest BCUT2D eigenvalue weighted by Gasteiger charge is -2.32. The largest absolute Gasteiger partial charge is 0.450 e. The molecule has 0 bridgehead atoms. The summed E-state index contributed by atoms with van der Waals surface area (Å²) < 4.78 is 11.7. The van der Waals surface area contributed by atoms with Crippen LogP contribution in [0.15, 0.2) is 22.6 Å². The predicted octanol–water partition coefficient (Wildman–Crippen LogP) is 4.06. The first-order valence-corrected chi connectivity index (χ1v) is 9.86. The second kappa shape index (κ2) is 6.95. The van der Waals surface area contributed by atoms with E-state index in [1.807, 2.05) is 25.7 Å². The topological polar surface area (TPSA) is 97.7 Å². The van der Waals surface area contributed by atoms with Gasteiger partial charge >= 0.3 is 6.09 Å². The number of rotatable bonds is 2. The van der Waals surface area contributed by atoms with Crippen molar-refractivity contribution in [2.45, 2.75) is 38.8 Å². The number of fused-ring (bicyclic) bond motifs is 3. The maximum Gasteiger partial charge on any atom is 0.410 e. The smallest absolute Gasteiger partial charge is 0.410 e. The third-order valence-corrected chi connectivity index (χ3v) is 5.50. The highest BCUT2D eigenvalue weighted by Crippen LogP contribution is 2.36. The zero-order valence-corrected chi connectivity index (χ0v) is 17.7. The molecule has 0 saturated carbocycles. The molecule has 4 rings (SSSR count). The van der Waals surface area contributed by atoms with Gasteiger partial charge in [-0.05, 0) is 39.0 Å². The van der Waals surface area contributed by atoms with Gasteiger partial charge in [-0.2, -0.15) is 4.98 Å². The second-order valence-corrected chi connectivity index (χ2v) is 8.73. The van der Waals surface area contributed by atoms with E-state index in [0.717, 1.165) is 5.39 Å². The van der Waals surface area contributed by atoms with Gasteiger partial charge in [0.15, 0.2) is 11.4 Å². The van der Waals surface area contributed by atoms with E-state index in [1.165, 1.54) is 0 Å². The van der Waals surface area contributed by atoms with Crippen LogP contribution < -0.4 is 10.6 Å². The highest BCUT2D eigenvalue weighted by Gasteiger charge is 2.32. The van der Waals surface area contributed by atoms with Gasteiger partial charge in [-0.3, -0.25) is 0 Å². The van der Waals surface area contributed by atoms with E-state index in [1.54, 1.807) is 30.1 Å². The maximum absolute atomic E-state index is 12.4. The van der Waals surface area contributed by atoms with Crippen LogP contribution in [0.2, 0.25) is 5.02 Å². The van der Waals surface area contributed by atoms with E-state index in [4.69, 9.17) is 26.5 Å². The summed E-state index contributed by atoms with van der Waals surface area (Å²) >= 11 is 6.13. The van der Waals surface area contributed by atoms with Crippen molar-refractivity contribution in [1.29, 1.82) is 0 Å². The molecule has 2 aromatic heterocycles. The lowest BCUT2D eigenvalue weighted by molar-refractivity contribution is 0.0545. The fourth-order valence-corrected chi connectivity index (χ4v) is 3.52. The molecule has 1 aliphatic heterocycles. The number of amides is 1. The third kappa shape index (κ3) is 3.64. The number of anilines is 2. The fraction of sp³-hybridized carbons (Fsp3) is 0.450. The van der Waals surface area contributed by atoms with Gasteiger partial charge in [0, 0.05) is 36.0 Å². The number of carbonyl (C=O) groups excluding carboxylic acids is 1. The minimum absolute atomic E-state index is 0.156. The molecular formula is C20H24ClN5O3. The molecule has 1 atom stereocenters. The van der Waals surface area contributed by atoms with Gasteiger partial charge in [0.2, 0.25) is 5.95 Å². The summed E-state index contributed by atoms with van der Waals surface area (Å²) in [6.45, 7) is 7.06. The van der Waals surface area contributed by atoms with Crippen molar-refractivity contribution in [3.63, 3.8) is 0 Å². The van der Waals surface area contributed by atoms with E-state index in [9.17, 15) is 4.79 Å². The number of furan rings is 1. The van der Waals surface area contributed by atoms with Crippen molar-refractivity contribution in [3.8, 4) is 0 Å². The summed E-state index contributed by atoms with van der Waals surface area (Å²) in [5.74, 6) is 0.755. The van der Waals surface area contributed by atoms with Gasteiger partial charge in [0.05, 0.1) is 6.54 Å². The average Bonchev–Trinajstić information content (AvgIpc) is 3.24. The Morgan fingerprint density at radius 3 is 2.86 bits per heavy atom. The van der Waals surface area contributed by atoms with E-state index < -0.39 is 0 Å². The van der Waals surface area contributed by atoms with Crippen LogP contribution in [0.3, 0.4) is 0 Å². The molecule has 3 heterocycles. The maximum atomic E-state index is 12.4. The molecule has 1 amide bonds. The summed E-state index contributed by atoms with van der Waals surface area (Å²) in [5.41, 5.74) is 7.50. The van der Waals surface area contributed by atoms with Gasteiger partial charge in [0.1, 0.15) is 17.2 Å². The molecule has 29 heavy (non-hydrogen) atoms. The number of halogens is 1. The number of nitrogens with zero attached hydrogens (tertiary/aromatic N) is 4. The van der Waals surface area contributed by atoms with Gasteiger partial charge in [-0.15, -0.1) is 0 Å². The van der Waals surface area contributed by atoms with Crippen LogP contribution in [-0.4, -0.2) is 52.7 Å². The Bertz CT molecular complexity index is 1090. The molecular weight excluding hydrogens is 394 g/mol. The van der Waals surface area contributed by atoms with Crippen molar-refractivity contribution >= 4 is 51.5 Å². The Morgan fingerprint density at radius 1 is 1.38 bits per heavy atom. The molecule has 8 nitrogen and oxygen atoms in total. The molecule has 2 N–H and O–H groups in total. The van der Waals surface area contributed by atoms with E-state index in [0.29, 0.717) is 47.0 Å². The molecule has 1 saturated heterocycles. The number of nitrogens with two attached hydrogens (primary N) is 1. The Morgan fingerprint density at radius 2 is 2.14 bits per heavy atom. The highest BCUT2D eigenvalue weighted by atomic mass is 35.5. The summed E-state index contributed by atoms with van der Waals surface area (Å²) in [7, 11) is 1.74. The third-order valence-electron chi connectivity index (χ3n) is 5.27. The molecule has 0 aliphatic carbocycles. The monoisotopic (exact) mass is 417 g/mol. The molecule has 0 unspecified atom stereocenters. The number of aromatic nitrogens is 2. The van der Waals surface area contributed by atoms with Crippen LogP contribution in [0, 0.1) is 0 Å². The standard InChI is InChI=1S/C20H24ClN5O3/c1-20(2,3)25(4)19(27)28-12-7-8-26(10-12)17-16-15(23-18(22)24-17)13-9-11(21)5-6-14(13)29-16/h5-6,9,12H,7-8,10H2,1-4H3,(H2,22,23,24)/t12-/m0/s1. The zero-order chi connectivity index (χ0) is 20.9. The molecule has 0 radical (unpaired) electrons. The van der Waals surface area contributed by atoms with Crippen LogP contribution >= 0.6 is 11.6 Å². The second-order valence-electron chi connectivity index (χ2n) is 8.30. The molecule has 154 valence electrons. The summed E-state index contributed by atoms with van der Waals surface area (Å²) in [6, 6.07) is 5.37. The quantitative estimate of drug-likeness (QED) is 0.671. The fourth-order valence-electron chi connectivity index (χ4n) is 3.34. The minimum Gasteiger partial charge on any atom is -0.450 e. The number of ether oxygens (including phenoxy) is 1. The van der Waals surface area contributed by atoms with Crippen molar-refractivity contribution in [1.82, 2.24) is 14.9 Å². The molecule has 1 aromatic carbocycles. The van der Waals surface area contributed by atoms with Crippen molar-refractivity contribution in [2.75, 3.05) is 30.8 Å². The van der Waals surface area contributed by atoms with Crippen LogP contribution in [0.4, 0.5) is 16.6 Å². The van der Waals surface area contributed by atoms with Crippen LogP contribution in [0.5, 0.6) is 0 Å². The van der Waals surface area contributed by atoms with Gasteiger partial charge < -0.3 is 24.7 Å². The van der Waals surface area contributed by atoms with Gasteiger partial charge in [-0.1, -0.05) is 11.6 Å². The summed E-state index contributed by atoms with van der Waals surface area (Å²) in [4.78, 5) is 24.8. The number of hydrogen-bond donors (Lipinski definition) is 1. The first-order valence-electron chi connectivity index (χ1n) is 9.48. The molecule has 3 aromatic rings. The first-order chi connectivity index (χ1) is 13.6. The van der Waals surface area contributed by atoms with Gasteiger partial charge in [0.25, 0.3) is 0 Å². The number of benzene rings is 1. The van der Waals surface area contributed by atoms with Gasteiger partial charge in [-0.25, -0.2) is 9.78 Å². The van der Waals surface area contributed by atoms with E-state index in [-0.39, 0.29) is 23.7 Å². The van der Waals surface area contributed by atoms with E-state index in [2.05, 4.69) is 9.97 Å². The molecule has 9 heteroatoms. The minimum atomic E-state index is -0.338. The predicted molar refractivity (Wildman–Crippen MR) is 113 cm³/mol. The van der Waals surface area contributed by atoms with E-state index >= 15 is 0 Å². The Balaban J connectivity index is 1.61. The zero-order valence-electron chi connectivity index (χ0n) is 16.9. The van der Waals surface area contributed by atoms with Crippen molar-refractivity contribution < 1.29 is 13.9 Å². The Kier molecular flexibility index (Phi) is 4.69. The van der Waals surface area contributed by atoms with Crippen LogP contribution in [-0.2, 0) is 4.74 Å². The lowest BCUT2D eigenvalue weighted by Crippen LogP contribution is -2.44. The Labute approximate surface area is 173 Å². The summed E-state index contributed by atoms with van der Waals surface area (Å²) in [6.07, 6.45) is 0.119. The van der Waals surface area contributed by atoms with Crippen molar-refractivity contribution in [2.24, 2.45) is 0 Å². The molecule has 1 fully saturated rings. The van der Waals surface area contributed by atoms with Crippen molar-refractivity contribution in [3.05, 3.63) is 23.2 Å². The van der Waals surface area contributed by atoms with Crippen LogP contribution in [0.1, 0.15) is 27.2 Å². The highest BCUT2D eigenvalue weighted by molar-refractivity contribution is 6.31. The normalized spacial score (nSPS) is 17.3. The SMILES string of the molecule is CN(C(=O)O[C@H]1CCN(c2nc(N)nc3c2oc2ccc(Cl)cc23)C1)C(C)(C)C. The number of nitrogen functional groups attached to an aromatic ring is 1. The molecule has 0 spiro atoms. The summed E-state index contributed by atoms with van der Waals surface area (Å²) in [5, 5.41) is 1.38. The molecule has 1 aliphatic rings. The Hall–Kier alpha value is -2.74. The number of carbonyl (C=O) groups is 1. The number of hydrogen-bond acceptors (Lipinski definition) is 7. The first kappa shape index (κ1) is 19.6. The lowest BCUT2D eigenvalue weighted by atomic mass is 10.1.